The fourth-order valence-electron chi connectivity index (χ4n) is 4.23. The van der Waals surface area contributed by atoms with Gasteiger partial charge in [-0.1, -0.05) is 13.0 Å². The van der Waals surface area contributed by atoms with Crippen molar-refractivity contribution < 1.29 is 19.4 Å². The first-order valence-corrected chi connectivity index (χ1v) is 11.5. The maximum Gasteiger partial charge on any atom is 0.303 e. The normalized spacial score (nSPS) is 15.2. The predicted octanol–water partition coefficient (Wildman–Crippen LogP) is 4.59. The minimum atomic E-state index is -0.787. The highest BCUT2D eigenvalue weighted by atomic mass is 16.5. The molecule has 1 fully saturated rings. The van der Waals surface area contributed by atoms with Crippen LogP contribution in [0.2, 0.25) is 0 Å². The zero-order valence-electron chi connectivity index (χ0n) is 19.2. The number of benzene rings is 1. The molecule has 1 aliphatic heterocycles. The van der Waals surface area contributed by atoms with Gasteiger partial charge in [0.15, 0.2) is 0 Å². The molecule has 2 heterocycles. The van der Waals surface area contributed by atoms with Gasteiger partial charge in [-0.25, -0.2) is 9.97 Å². The van der Waals surface area contributed by atoms with Crippen molar-refractivity contribution in [2.75, 3.05) is 36.6 Å². The number of rotatable bonds is 11. The van der Waals surface area contributed by atoms with E-state index in [-0.39, 0.29) is 12.3 Å². The minimum absolute atomic E-state index is 0.0494. The van der Waals surface area contributed by atoms with Crippen LogP contribution in [0.25, 0.3) is 0 Å². The molecule has 1 aliphatic rings. The zero-order valence-corrected chi connectivity index (χ0v) is 19.2. The first-order chi connectivity index (χ1) is 15.5. The van der Waals surface area contributed by atoms with Gasteiger partial charge in [-0.05, 0) is 56.7 Å². The first-order valence-electron chi connectivity index (χ1n) is 11.5. The number of hydrogen-bond donors (Lipinski definition) is 2. The Morgan fingerprint density at radius 1 is 1.25 bits per heavy atom. The van der Waals surface area contributed by atoms with Crippen LogP contribution in [-0.2, 0) is 9.53 Å². The Kier molecular flexibility index (Phi) is 8.67. The van der Waals surface area contributed by atoms with E-state index in [0.29, 0.717) is 24.3 Å². The number of aromatic nitrogens is 2. The van der Waals surface area contributed by atoms with E-state index >= 15 is 0 Å². The van der Waals surface area contributed by atoms with Gasteiger partial charge in [0.2, 0.25) is 5.88 Å². The number of anilines is 3. The van der Waals surface area contributed by atoms with Gasteiger partial charge in [0.1, 0.15) is 5.82 Å². The lowest BCUT2D eigenvalue weighted by Gasteiger charge is -2.36. The Morgan fingerprint density at radius 2 is 2.03 bits per heavy atom. The molecule has 1 saturated heterocycles. The van der Waals surface area contributed by atoms with Crippen LogP contribution in [0.3, 0.4) is 0 Å². The van der Waals surface area contributed by atoms with E-state index in [1.165, 1.54) is 0 Å². The van der Waals surface area contributed by atoms with Gasteiger partial charge in [-0.15, -0.1) is 0 Å². The van der Waals surface area contributed by atoms with Crippen molar-refractivity contribution in [3.8, 4) is 5.88 Å². The minimum Gasteiger partial charge on any atom is -0.481 e. The van der Waals surface area contributed by atoms with Gasteiger partial charge in [-0.2, -0.15) is 0 Å². The molecule has 0 unspecified atom stereocenters. The Labute approximate surface area is 190 Å². The summed E-state index contributed by atoms with van der Waals surface area (Å²) in [6.07, 6.45) is 6.08. The standard InChI is InChI=1S/C24H34N4O4/c1-4-17(14-24(29)30)18-7-8-21(28(5-2)19-9-11-31-12-10-19)20(13-18)27-22-15-26-23(16-25-22)32-6-3/h7-8,13,15-17,19H,4-6,9-12,14H2,1-3H3,(H,25,27)(H,29,30)/t17-/m0/s1. The molecule has 174 valence electrons. The molecular formula is C24H34N4O4. The number of nitrogens with one attached hydrogen (secondary N) is 1. The van der Waals surface area contributed by atoms with Gasteiger partial charge in [0.25, 0.3) is 0 Å². The molecule has 32 heavy (non-hydrogen) atoms. The molecule has 0 saturated carbocycles. The van der Waals surface area contributed by atoms with E-state index in [0.717, 1.165) is 56.0 Å². The van der Waals surface area contributed by atoms with Crippen LogP contribution in [-0.4, -0.2) is 53.5 Å². The molecule has 0 spiro atoms. The van der Waals surface area contributed by atoms with Crippen molar-refractivity contribution in [3.63, 3.8) is 0 Å². The van der Waals surface area contributed by atoms with Gasteiger partial charge >= 0.3 is 5.97 Å². The van der Waals surface area contributed by atoms with Gasteiger partial charge in [0, 0.05) is 25.8 Å². The third kappa shape index (κ3) is 6.09. The summed E-state index contributed by atoms with van der Waals surface area (Å²) >= 11 is 0. The van der Waals surface area contributed by atoms with E-state index in [1.54, 1.807) is 12.4 Å². The lowest BCUT2D eigenvalue weighted by atomic mass is 9.92. The lowest BCUT2D eigenvalue weighted by molar-refractivity contribution is -0.137. The Balaban J connectivity index is 1.96. The molecule has 8 nitrogen and oxygen atoms in total. The number of ether oxygens (including phenoxy) is 2. The second kappa shape index (κ2) is 11.7. The van der Waals surface area contributed by atoms with Gasteiger partial charge in [-0.3, -0.25) is 4.79 Å². The molecule has 0 amide bonds. The number of hydrogen-bond acceptors (Lipinski definition) is 7. The summed E-state index contributed by atoms with van der Waals surface area (Å²) in [7, 11) is 0. The highest BCUT2D eigenvalue weighted by molar-refractivity contribution is 5.76. The van der Waals surface area contributed by atoms with Crippen LogP contribution >= 0.6 is 0 Å². The molecule has 8 heteroatoms. The third-order valence-electron chi connectivity index (χ3n) is 5.87. The topological polar surface area (TPSA) is 96.8 Å². The lowest BCUT2D eigenvalue weighted by Crippen LogP contribution is -2.39. The first kappa shape index (κ1) is 23.8. The number of carboxylic acid groups (broad SMARTS) is 1. The van der Waals surface area contributed by atoms with Crippen LogP contribution in [0.1, 0.15) is 57.9 Å². The Bertz CT molecular complexity index is 869. The second-order valence-corrected chi connectivity index (χ2v) is 7.91. The van der Waals surface area contributed by atoms with Crippen LogP contribution in [0.5, 0.6) is 5.88 Å². The molecule has 1 atom stereocenters. The summed E-state index contributed by atoms with van der Waals surface area (Å²) in [6, 6.07) is 6.62. The van der Waals surface area contributed by atoms with Crippen molar-refractivity contribution in [1.82, 2.24) is 9.97 Å². The number of carbonyl (C=O) groups is 1. The largest absolute Gasteiger partial charge is 0.481 e. The Morgan fingerprint density at radius 3 is 2.62 bits per heavy atom. The molecular weight excluding hydrogens is 408 g/mol. The fourth-order valence-corrected chi connectivity index (χ4v) is 4.23. The highest BCUT2D eigenvalue weighted by Gasteiger charge is 2.24. The van der Waals surface area contributed by atoms with Gasteiger partial charge in [0.05, 0.1) is 36.8 Å². The predicted molar refractivity (Wildman–Crippen MR) is 125 cm³/mol. The quantitative estimate of drug-likeness (QED) is 0.521. The van der Waals surface area contributed by atoms with Crippen molar-refractivity contribution in [3.05, 3.63) is 36.2 Å². The summed E-state index contributed by atoms with van der Waals surface area (Å²) in [5.74, 6) is 0.259. The van der Waals surface area contributed by atoms with Crippen molar-refractivity contribution >= 4 is 23.2 Å². The molecule has 1 aromatic carbocycles. The highest BCUT2D eigenvalue weighted by Crippen LogP contribution is 2.36. The van der Waals surface area contributed by atoms with Gasteiger partial charge < -0.3 is 24.8 Å². The average Bonchev–Trinajstić information content (AvgIpc) is 2.81. The molecule has 0 bridgehead atoms. The number of carboxylic acids is 1. The SMILES string of the molecule is CCOc1cnc(Nc2cc([C@@H](CC)CC(=O)O)ccc2N(CC)C2CCOCC2)cn1. The van der Waals surface area contributed by atoms with E-state index in [4.69, 9.17) is 9.47 Å². The van der Waals surface area contributed by atoms with E-state index in [9.17, 15) is 9.90 Å². The summed E-state index contributed by atoms with van der Waals surface area (Å²) in [6.45, 7) is 9.01. The molecule has 0 radical (unpaired) electrons. The average molecular weight is 443 g/mol. The number of aliphatic carboxylic acids is 1. The van der Waals surface area contributed by atoms with Crippen molar-refractivity contribution in [2.24, 2.45) is 0 Å². The van der Waals surface area contributed by atoms with Crippen LogP contribution < -0.4 is 15.0 Å². The summed E-state index contributed by atoms with van der Waals surface area (Å²) in [5.41, 5.74) is 2.98. The smallest absolute Gasteiger partial charge is 0.303 e. The summed E-state index contributed by atoms with van der Waals surface area (Å²) < 4.78 is 11.0. The molecule has 3 rings (SSSR count). The zero-order chi connectivity index (χ0) is 22.9. The van der Waals surface area contributed by atoms with E-state index in [2.05, 4.69) is 45.3 Å². The van der Waals surface area contributed by atoms with Crippen molar-refractivity contribution in [2.45, 2.75) is 58.4 Å². The summed E-state index contributed by atoms with van der Waals surface area (Å²) in [5, 5.41) is 12.8. The van der Waals surface area contributed by atoms with Crippen LogP contribution in [0.4, 0.5) is 17.2 Å². The molecule has 1 aromatic heterocycles. The van der Waals surface area contributed by atoms with E-state index in [1.807, 2.05) is 13.8 Å². The monoisotopic (exact) mass is 442 g/mol. The van der Waals surface area contributed by atoms with Crippen LogP contribution in [0, 0.1) is 0 Å². The van der Waals surface area contributed by atoms with E-state index < -0.39 is 5.97 Å². The fraction of sp³-hybridized carbons (Fsp3) is 0.542. The molecule has 2 N–H and O–H groups in total. The van der Waals surface area contributed by atoms with Crippen molar-refractivity contribution in [1.29, 1.82) is 0 Å². The maximum absolute atomic E-state index is 11.4. The third-order valence-corrected chi connectivity index (χ3v) is 5.87. The molecule has 0 aliphatic carbocycles. The summed E-state index contributed by atoms with van der Waals surface area (Å²) in [4.78, 5) is 22.5. The maximum atomic E-state index is 11.4. The molecule has 2 aromatic rings. The second-order valence-electron chi connectivity index (χ2n) is 7.91. The Hall–Kier alpha value is -2.87. The van der Waals surface area contributed by atoms with Crippen LogP contribution in [0.15, 0.2) is 30.6 Å². The number of nitrogens with zero attached hydrogens (tertiary/aromatic N) is 3.